The van der Waals surface area contributed by atoms with Gasteiger partial charge in [0.15, 0.2) is 0 Å². The van der Waals surface area contributed by atoms with Gasteiger partial charge in [-0.05, 0) is 24.3 Å². The molecular formula is C15H11ClFNO2S. The van der Waals surface area contributed by atoms with Crippen LogP contribution in [-0.4, -0.2) is 17.6 Å². The van der Waals surface area contributed by atoms with Crippen LogP contribution in [0.25, 0.3) is 0 Å². The minimum Gasteiger partial charge on any atom is -0.395 e. The molecule has 0 aliphatic carbocycles. The summed E-state index contributed by atoms with van der Waals surface area (Å²) in [6.07, 6.45) is 0.387. The maximum atomic E-state index is 13.1. The van der Waals surface area contributed by atoms with Crippen LogP contribution in [0.3, 0.4) is 0 Å². The molecule has 0 saturated carbocycles. The van der Waals surface area contributed by atoms with Gasteiger partial charge < -0.3 is 10.4 Å². The Hall–Kier alpha value is -1.87. The van der Waals surface area contributed by atoms with Crippen LogP contribution in [0.2, 0.25) is 5.02 Å². The van der Waals surface area contributed by atoms with E-state index in [2.05, 4.69) is 17.2 Å². The number of thiophene rings is 1. The van der Waals surface area contributed by atoms with Crippen molar-refractivity contribution in [3.8, 4) is 11.8 Å². The molecule has 21 heavy (non-hydrogen) atoms. The van der Waals surface area contributed by atoms with Crippen LogP contribution >= 0.6 is 22.9 Å². The van der Waals surface area contributed by atoms with Gasteiger partial charge in [-0.2, -0.15) is 0 Å². The Morgan fingerprint density at radius 2 is 2.24 bits per heavy atom. The van der Waals surface area contributed by atoms with Crippen LogP contribution in [0.15, 0.2) is 29.6 Å². The summed E-state index contributed by atoms with van der Waals surface area (Å²) in [4.78, 5) is 12.8. The number of benzene rings is 1. The van der Waals surface area contributed by atoms with Gasteiger partial charge in [-0.15, -0.1) is 11.3 Å². The normalized spacial score (nSPS) is 9.86. The highest BCUT2D eigenvalue weighted by atomic mass is 35.5. The van der Waals surface area contributed by atoms with Gasteiger partial charge in [0.25, 0.3) is 5.91 Å². The molecule has 2 N–H and O–H groups in total. The fourth-order valence-corrected chi connectivity index (χ4v) is 2.43. The molecule has 108 valence electrons. The Morgan fingerprint density at radius 3 is 3.00 bits per heavy atom. The van der Waals surface area contributed by atoms with Crippen molar-refractivity contribution < 1.29 is 14.3 Å². The second-order valence-corrected chi connectivity index (χ2v) is 5.37. The van der Waals surface area contributed by atoms with E-state index in [1.165, 1.54) is 23.5 Å². The Bertz CT molecular complexity index is 718. The van der Waals surface area contributed by atoms with Gasteiger partial charge in [0, 0.05) is 11.8 Å². The monoisotopic (exact) mass is 323 g/mol. The zero-order valence-corrected chi connectivity index (χ0v) is 12.4. The summed E-state index contributed by atoms with van der Waals surface area (Å²) in [5, 5.41) is 13.1. The van der Waals surface area contributed by atoms with Crippen LogP contribution < -0.4 is 5.32 Å². The van der Waals surface area contributed by atoms with Gasteiger partial charge in [-0.3, -0.25) is 4.79 Å². The average molecular weight is 324 g/mol. The van der Waals surface area contributed by atoms with E-state index in [0.29, 0.717) is 12.0 Å². The van der Waals surface area contributed by atoms with Crippen molar-refractivity contribution in [3.63, 3.8) is 0 Å². The Morgan fingerprint density at radius 1 is 1.43 bits per heavy atom. The highest BCUT2D eigenvalue weighted by Crippen LogP contribution is 2.23. The van der Waals surface area contributed by atoms with Gasteiger partial charge in [0.1, 0.15) is 5.82 Å². The molecule has 1 heterocycles. The second kappa shape index (κ2) is 7.23. The number of anilines is 1. The maximum absolute atomic E-state index is 13.1. The molecule has 0 radical (unpaired) electrons. The molecule has 2 aromatic rings. The molecule has 1 amide bonds. The minimum atomic E-state index is -0.476. The summed E-state index contributed by atoms with van der Waals surface area (Å²) in [5.41, 5.74) is 0.648. The van der Waals surface area contributed by atoms with Gasteiger partial charge in [0.2, 0.25) is 0 Å². The molecule has 1 aromatic carbocycles. The van der Waals surface area contributed by atoms with Crippen molar-refractivity contribution in [2.75, 3.05) is 11.9 Å². The van der Waals surface area contributed by atoms with Gasteiger partial charge >= 0.3 is 0 Å². The zero-order chi connectivity index (χ0) is 15.2. The molecule has 0 fully saturated rings. The summed E-state index contributed by atoms with van der Waals surface area (Å²) in [6.45, 7) is 0.00376. The van der Waals surface area contributed by atoms with Crippen LogP contribution in [-0.2, 0) is 0 Å². The smallest absolute Gasteiger partial charge is 0.256 e. The number of hydrogen-bond donors (Lipinski definition) is 2. The van der Waals surface area contributed by atoms with Crippen LogP contribution in [0, 0.1) is 17.7 Å². The third-order valence-corrected chi connectivity index (χ3v) is 3.66. The second-order valence-electron chi connectivity index (χ2n) is 4.05. The molecule has 3 nitrogen and oxygen atoms in total. The Kier molecular flexibility index (Phi) is 5.34. The highest BCUT2D eigenvalue weighted by molar-refractivity contribution is 7.10. The van der Waals surface area contributed by atoms with E-state index < -0.39 is 5.82 Å². The van der Waals surface area contributed by atoms with Crippen molar-refractivity contribution in [1.29, 1.82) is 0 Å². The lowest BCUT2D eigenvalue weighted by Crippen LogP contribution is -2.11. The van der Waals surface area contributed by atoms with Crippen molar-refractivity contribution in [3.05, 3.63) is 50.9 Å². The van der Waals surface area contributed by atoms with E-state index in [1.54, 1.807) is 11.4 Å². The van der Waals surface area contributed by atoms with E-state index in [9.17, 15) is 9.18 Å². The predicted octanol–water partition coefficient (Wildman–Crippen LogP) is 3.53. The number of rotatable bonds is 3. The summed E-state index contributed by atoms with van der Waals surface area (Å²) < 4.78 is 13.1. The quantitative estimate of drug-likeness (QED) is 0.849. The number of carbonyl (C=O) groups is 1. The summed E-state index contributed by atoms with van der Waals surface area (Å²) in [6, 6.07) is 5.40. The van der Waals surface area contributed by atoms with E-state index >= 15 is 0 Å². The first kappa shape index (κ1) is 15.5. The van der Waals surface area contributed by atoms with Gasteiger partial charge in [0.05, 0.1) is 27.8 Å². The summed E-state index contributed by atoms with van der Waals surface area (Å²) >= 11 is 7.22. The number of halogens is 2. The topological polar surface area (TPSA) is 49.3 Å². The molecule has 0 bridgehead atoms. The van der Waals surface area contributed by atoms with Crippen molar-refractivity contribution >= 4 is 34.5 Å². The zero-order valence-electron chi connectivity index (χ0n) is 10.8. The SMILES string of the molecule is O=C(Nc1cc(F)ccc1Cl)c1csc(C#CCCO)c1. The molecule has 0 aliphatic heterocycles. The number of aliphatic hydroxyl groups excluding tert-OH is 1. The molecular weight excluding hydrogens is 313 g/mol. The van der Waals surface area contributed by atoms with Crippen LogP contribution in [0.1, 0.15) is 21.7 Å². The summed E-state index contributed by atoms with van der Waals surface area (Å²) in [5.74, 6) is 4.77. The van der Waals surface area contributed by atoms with E-state index in [4.69, 9.17) is 16.7 Å². The number of aliphatic hydroxyl groups is 1. The van der Waals surface area contributed by atoms with E-state index in [-0.39, 0.29) is 23.2 Å². The van der Waals surface area contributed by atoms with Crippen LogP contribution in [0.4, 0.5) is 10.1 Å². The first-order valence-corrected chi connectivity index (χ1v) is 7.30. The van der Waals surface area contributed by atoms with Crippen molar-refractivity contribution in [2.45, 2.75) is 6.42 Å². The standard InChI is InChI=1S/C15H11ClFNO2S/c16-13-5-4-11(17)8-14(13)18-15(20)10-7-12(21-9-10)3-1-2-6-19/h4-5,7-9,19H,2,6H2,(H,18,20). The van der Waals surface area contributed by atoms with E-state index in [0.717, 1.165) is 10.9 Å². The van der Waals surface area contributed by atoms with Crippen LogP contribution in [0.5, 0.6) is 0 Å². The third-order valence-electron chi connectivity index (χ3n) is 2.49. The lowest BCUT2D eigenvalue weighted by Gasteiger charge is -2.05. The number of nitrogens with one attached hydrogen (secondary N) is 1. The number of hydrogen-bond acceptors (Lipinski definition) is 3. The van der Waals surface area contributed by atoms with E-state index in [1.807, 2.05) is 0 Å². The fraction of sp³-hybridized carbons (Fsp3) is 0.133. The molecule has 2 rings (SSSR count). The maximum Gasteiger partial charge on any atom is 0.256 e. The first-order chi connectivity index (χ1) is 10.1. The lowest BCUT2D eigenvalue weighted by molar-refractivity contribution is 0.102. The summed E-state index contributed by atoms with van der Waals surface area (Å²) in [7, 11) is 0. The molecule has 0 aliphatic rings. The lowest BCUT2D eigenvalue weighted by atomic mass is 10.2. The minimum absolute atomic E-state index is 0.00376. The predicted molar refractivity (Wildman–Crippen MR) is 82.3 cm³/mol. The highest BCUT2D eigenvalue weighted by Gasteiger charge is 2.11. The molecule has 1 aromatic heterocycles. The van der Waals surface area contributed by atoms with Crippen molar-refractivity contribution in [2.24, 2.45) is 0 Å². The fourth-order valence-electron chi connectivity index (χ4n) is 1.51. The van der Waals surface area contributed by atoms with Gasteiger partial charge in [-0.25, -0.2) is 4.39 Å². The molecule has 6 heteroatoms. The molecule has 0 unspecified atom stereocenters. The number of amides is 1. The third kappa shape index (κ3) is 4.30. The average Bonchev–Trinajstić information content (AvgIpc) is 2.92. The van der Waals surface area contributed by atoms with Crippen molar-refractivity contribution in [1.82, 2.24) is 0 Å². The molecule has 0 saturated heterocycles. The molecule has 0 atom stereocenters. The Labute approximate surface area is 130 Å². The first-order valence-electron chi connectivity index (χ1n) is 6.05. The number of carbonyl (C=O) groups excluding carboxylic acids is 1. The Balaban J connectivity index is 2.11. The molecule has 0 spiro atoms. The van der Waals surface area contributed by atoms with Gasteiger partial charge in [-0.1, -0.05) is 23.4 Å². The largest absolute Gasteiger partial charge is 0.395 e.